The van der Waals surface area contributed by atoms with Gasteiger partial charge in [0, 0.05) is 56.3 Å². The molecule has 3 heterocycles. The fraction of sp³-hybridized carbons (Fsp3) is 0.240. The maximum atomic E-state index is 13.7. The van der Waals surface area contributed by atoms with E-state index >= 15 is 0 Å². The van der Waals surface area contributed by atoms with Gasteiger partial charge in [0.15, 0.2) is 6.29 Å². The van der Waals surface area contributed by atoms with Gasteiger partial charge in [0.1, 0.15) is 17.5 Å². The number of nitrogens with zero attached hydrogens (tertiary/aromatic N) is 5. The van der Waals surface area contributed by atoms with Crippen LogP contribution in [0.2, 0.25) is 5.02 Å². The maximum Gasteiger partial charge on any atom is 0.166 e. The lowest BCUT2D eigenvalue weighted by Crippen LogP contribution is -2.24. The zero-order chi connectivity index (χ0) is 24.9. The maximum absolute atomic E-state index is 13.7. The Morgan fingerprint density at radius 2 is 2.06 bits per heavy atom. The first kappa shape index (κ1) is 24.6. The third-order valence-electron chi connectivity index (χ3n) is 5.80. The quantitative estimate of drug-likeness (QED) is 0.319. The number of aliphatic hydroxyl groups is 1. The van der Waals surface area contributed by atoms with Crippen LogP contribution in [0.3, 0.4) is 0 Å². The molecule has 0 spiro atoms. The number of carbonyl (C=O) groups excluding carboxylic acids is 1. The van der Waals surface area contributed by atoms with Crippen molar-refractivity contribution in [1.29, 1.82) is 0 Å². The molecule has 4 aromatic rings. The lowest BCUT2D eigenvalue weighted by atomic mass is 10.1. The van der Waals surface area contributed by atoms with E-state index in [1.165, 1.54) is 12.1 Å². The van der Waals surface area contributed by atoms with E-state index in [9.17, 15) is 14.3 Å². The standard InChI is InChI=1S/C25H26ClFN6O2/c1-31(13-18-9-20(27)4-3-17(18)15-34)7-8-33-14-19(10-21(33)16-35)22-11-24(28-12-23(22)26)30-25-5-6-29-32(25)2/h3-6,9-12,14,16,34H,7-8,13,15H2,1-2H3,(H,28,30). The number of carbonyl (C=O) groups is 1. The zero-order valence-electron chi connectivity index (χ0n) is 19.4. The molecule has 0 bridgehead atoms. The minimum absolute atomic E-state index is 0.149. The van der Waals surface area contributed by atoms with Crippen molar-refractivity contribution in [3.8, 4) is 11.1 Å². The van der Waals surface area contributed by atoms with Crippen LogP contribution in [0.15, 0.2) is 55.0 Å². The number of rotatable bonds is 10. The van der Waals surface area contributed by atoms with E-state index in [0.29, 0.717) is 41.7 Å². The van der Waals surface area contributed by atoms with Crippen LogP contribution >= 0.6 is 11.6 Å². The predicted molar refractivity (Wildman–Crippen MR) is 133 cm³/mol. The molecule has 0 atom stereocenters. The molecule has 0 aliphatic rings. The Morgan fingerprint density at radius 1 is 1.23 bits per heavy atom. The summed E-state index contributed by atoms with van der Waals surface area (Å²) in [5, 5.41) is 17.3. The van der Waals surface area contributed by atoms with Gasteiger partial charge in [0.05, 0.1) is 23.5 Å². The summed E-state index contributed by atoms with van der Waals surface area (Å²) >= 11 is 6.44. The molecule has 0 aliphatic heterocycles. The van der Waals surface area contributed by atoms with Crippen molar-refractivity contribution in [3.05, 3.63) is 82.6 Å². The van der Waals surface area contributed by atoms with Gasteiger partial charge in [-0.3, -0.25) is 9.48 Å². The first-order chi connectivity index (χ1) is 16.9. The van der Waals surface area contributed by atoms with Crippen molar-refractivity contribution in [2.24, 2.45) is 7.05 Å². The second-order valence-electron chi connectivity index (χ2n) is 8.29. The highest BCUT2D eigenvalue weighted by Gasteiger charge is 2.13. The van der Waals surface area contributed by atoms with Crippen molar-refractivity contribution < 1.29 is 14.3 Å². The molecule has 0 saturated carbocycles. The van der Waals surface area contributed by atoms with Crippen LogP contribution in [0, 0.1) is 5.82 Å². The molecule has 0 radical (unpaired) electrons. The van der Waals surface area contributed by atoms with Crippen LogP contribution in [0.1, 0.15) is 21.6 Å². The van der Waals surface area contributed by atoms with E-state index in [4.69, 9.17) is 11.6 Å². The second kappa shape index (κ2) is 10.8. The van der Waals surface area contributed by atoms with Crippen LogP contribution < -0.4 is 5.32 Å². The number of hydrogen-bond acceptors (Lipinski definition) is 6. The van der Waals surface area contributed by atoms with Crippen molar-refractivity contribution in [2.45, 2.75) is 19.7 Å². The van der Waals surface area contributed by atoms with E-state index in [2.05, 4.69) is 15.4 Å². The number of pyridine rings is 1. The van der Waals surface area contributed by atoms with E-state index in [1.54, 1.807) is 29.2 Å². The highest BCUT2D eigenvalue weighted by Crippen LogP contribution is 2.31. The Kier molecular flexibility index (Phi) is 7.60. The number of aliphatic hydroxyl groups excluding tert-OH is 1. The smallest absolute Gasteiger partial charge is 0.166 e. The van der Waals surface area contributed by atoms with Gasteiger partial charge in [-0.05, 0) is 42.4 Å². The van der Waals surface area contributed by atoms with Crippen molar-refractivity contribution in [3.63, 3.8) is 0 Å². The Hall–Kier alpha value is -3.53. The van der Waals surface area contributed by atoms with Gasteiger partial charge < -0.3 is 19.9 Å². The molecule has 0 fully saturated rings. The van der Waals surface area contributed by atoms with Crippen LogP contribution in [-0.4, -0.2) is 49.2 Å². The number of nitrogens with one attached hydrogen (secondary N) is 1. The Bertz CT molecular complexity index is 1340. The summed E-state index contributed by atoms with van der Waals surface area (Å²) in [5.74, 6) is 1.04. The van der Waals surface area contributed by atoms with Crippen LogP contribution in [0.5, 0.6) is 0 Å². The fourth-order valence-corrected chi connectivity index (χ4v) is 4.08. The summed E-state index contributed by atoms with van der Waals surface area (Å²) in [6, 6.07) is 9.83. The van der Waals surface area contributed by atoms with Gasteiger partial charge in [0.2, 0.25) is 0 Å². The average molecular weight is 497 g/mol. The molecule has 4 rings (SSSR count). The van der Waals surface area contributed by atoms with Crippen LogP contribution in [0.4, 0.5) is 16.0 Å². The number of anilines is 2. The highest BCUT2D eigenvalue weighted by molar-refractivity contribution is 6.33. The molecule has 3 aromatic heterocycles. The predicted octanol–water partition coefficient (Wildman–Crippen LogP) is 4.26. The van der Waals surface area contributed by atoms with E-state index < -0.39 is 0 Å². The number of aryl methyl sites for hydroxylation is 1. The summed E-state index contributed by atoms with van der Waals surface area (Å²) < 4.78 is 17.2. The Morgan fingerprint density at radius 3 is 2.77 bits per heavy atom. The van der Waals surface area contributed by atoms with Crippen molar-refractivity contribution >= 4 is 29.5 Å². The number of likely N-dealkylation sites (N-methyl/N-ethyl adjacent to an activating group) is 1. The molecule has 0 aliphatic carbocycles. The lowest BCUT2D eigenvalue weighted by molar-refractivity contribution is 0.111. The first-order valence-electron chi connectivity index (χ1n) is 11.0. The summed E-state index contributed by atoms with van der Waals surface area (Å²) in [6.07, 6.45) is 5.95. The van der Waals surface area contributed by atoms with Gasteiger partial charge >= 0.3 is 0 Å². The molecule has 35 heavy (non-hydrogen) atoms. The second-order valence-corrected chi connectivity index (χ2v) is 8.70. The molecule has 0 saturated heterocycles. The zero-order valence-corrected chi connectivity index (χ0v) is 20.2. The molecule has 2 N–H and O–H groups in total. The summed E-state index contributed by atoms with van der Waals surface area (Å²) in [7, 11) is 3.73. The number of aldehydes is 1. The average Bonchev–Trinajstić information content (AvgIpc) is 3.44. The SMILES string of the molecule is CN(CCn1cc(-c2cc(Nc3ccnn3C)ncc2Cl)cc1C=O)Cc1cc(F)ccc1CO. The van der Waals surface area contributed by atoms with Gasteiger partial charge in [-0.15, -0.1) is 0 Å². The van der Waals surface area contributed by atoms with Crippen molar-refractivity contribution in [1.82, 2.24) is 24.2 Å². The number of benzene rings is 1. The molecule has 182 valence electrons. The molecule has 10 heteroatoms. The van der Waals surface area contributed by atoms with Gasteiger partial charge in [-0.25, -0.2) is 9.37 Å². The number of hydrogen-bond donors (Lipinski definition) is 2. The van der Waals surface area contributed by atoms with Crippen molar-refractivity contribution in [2.75, 3.05) is 18.9 Å². The normalized spacial score (nSPS) is 11.3. The Balaban J connectivity index is 1.50. The minimum Gasteiger partial charge on any atom is -0.392 e. The van der Waals surface area contributed by atoms with Crippen LogP contribution in [-0.2, 0) is 26.7 Å². The number of halogens is 2. The van der Waals surface area contributed by atoms with Gasteiger partial charge in [-0.1, -0.05) is 17.7 Å². The molecule has 1 aromatic carbocycles. The van der Waals surface area contributed by atoms with Gasteiger partial charge in [0.25, 0.3) is 0 Å². The van der Waals surface area contributed by atoms with Gasteiger partial charge in [-0.2, -0.15) is 5.10 Å². The van der Waals surface area contributed by atoms with E-state index in [0.717, 1.165) is 28.8 Å². The third-order valence-corrected chi connectivity index (χ3v) is 6.10. The van der Waals surface area contributed by atoms with Crippen LogP contribution in [0.25, 0.3) is 11.1 Å². The highest BCUT2D eigenvalue weighted by atomic mass is 35.5. The van der Waals surface area contributed by atoms with E-state index in [1.807, 2.05) is 41.9 Å². The minimum atomic E-state index is -0.338. The summed E-state index contributed by atoms with van der Waals surface area (Å²) in [6.45, 7) is 1.46. The number of aromatic nitrogens is 4. The summed E-state index contributed by atoms with van der Waals surface area (Å²) in [4.78, 5) is 18.1. The molecule has 0 unspecified atom stereocenters. The third kappa shape index (κ3) is 5.76. The topological polar surface area (TPSA) is 88.2 Å². The largest absolute Gasteiger partial charge is 0.392 e. The fourth-order valence-electron chi connectivity index (χ4n) is 3.86. The molecular weight excluding hydrogens is 471 g/mol. The molecular formula is C25H26ClFN6O2. The lowest BCUT2D eigenvalue weighted by Gasteiger charge is -2.19. The first-order valence-corrected chi connectivity index (χ1v) is 11.4. The van der Waals surface area contributed by atoms with E-state index in [-0.39, 0.29) is 12.4 Å². The monoisotopic (exact) mass is 496 g/mol. The summed E-state index contributed by atoms with van der Waals surface area (Å²) in [5.41, 5.74) is 3.48. The molecule has 8 nitrogen and oxygen atoms in total. The molecule has 0 amide bonds. The Labute approximate surface area is 207 Å².